The first-order valence-electron chi connectivity index (χ1n) is 10.1. The van der Waals surface area contributed by atoms with E-state index in [4.69, 9.17) is 4.74 Å². The van der Waals surface area contributed by atoms with Gasteiger partial charge in [-0.05, 0) is 37.6 Å². The molecule has 1 heterocycles. The number of benzene rings is 2. The molecule has 3 rings (SSSR count). The minimum atomic E-state index is -0.149. The molecule has 1 aliphatic heterocycles. The molecular weight excluding hydrogens is 366 g/mol. The summed E-state index contributed by atoms with van der Waals surface area (Å²) in [6, 6.07) is 15.4. The van der Waals surface area contributed by atoms with Gasteiger partial charge >= 0.3 is 0 Å². The van der Waals surface area contributed by atoms with Crippen molar-refractivity contribution < 1.29 is 14.3 Å². The molecule has 0 aromatic heterocycles. The van der Waals surface area contributed by atoms with Crippen LogP contribution >= 0.6 is 0 Å². The number of likely N-dealkylation sites (N-methyl/N-ethyl adjacent to an activating group) is 2. The topological polar surface area (TPSA) is 61.9 Å². The molecule has 154 valence electrons. The van der Waals surface area contributed by atoms with Crippen molar-refractivity contribution in [2.75, 3.05) is 38.1 Å². The summed E-state index contributed by atoms with van der Waals surface area (Å²) in [5, 5.41) is 2.83. The summed E-state index contributed by atoms with van der Waals surface area (Å²) >= 11 is 0. The third kappa shape index (κ3) is 5.08. The number of fused-ring (bicyclic) bond motifs is 1. The molecule has 0 saturated carbocycles. The summed E-state index contributed by atoms with van der Waals surface area (Å²) in [5.74, 6) is 0.696. The van der Waals surface area contributed by atoms with E-state index in [9.17, 15) is 9.59 Å². The van der Waals surface area contributed by atoms with Crippen LogP contribution in [0.3, 0.4) is 0 Å². The number of hydrogen-bond donors (Lipinski definition) is 1. The number of carbonyl (C=O) groups excluding carboxylic acids is 2. The van der Waals surface area contributed by atoms with Crippen molar-refractivity contribution in [3.63, 3.8) is 0 Å². The SMILES string of the molecule is CCN1C[C@@H](CN(C)C(=O)CCNC(=O)c2ccccc2C)Oc2ccccc21. The van der Waals surface area contributed by atoms with Gasteiger partial charge in [0.15, 0.2) is 0 Å². The maximum absolute atomic E-state index is 12.5. The van der Waals surface area contributed by atoms with Crippen molar-refractivity contribution in [1.29, 1.82) is 0 Å². The Morgan fingerprint density at radius 3 is 2.66 bits per heavy atom. The Bertz CT molecular complexity index is 868. The molecular formula is C23H29N3O3. The van der Waals surface area contributed by atoms with Crippen molar-refractivity contribution in [3.8, 4) is 5.75 Å². The maximum atomic E-state index is 12.5. The van der Waals surface area contributed by atoms with E-state index in [-0.39, 0.29) is 24.3 Å². The van der Waals surface area contributed by atoms with Crippen molar-refractivity contribution in [1.82, 2.24) is 10.2 Å². The van der Waals surface area contributed by atoms with Gasteiger partial charge in [0.1, 0.15) is 11.9 Å². The molecule has 0 aliphatic carbocycles. The van der Waals surface area contributed by atoms with E-state index in [0.29, 0.717) is 18.7 Å². The van der Waals surface area contributed by atoms with Crippen LogP contribution in [0.2, 0.25) is 0 Å². The first kappa shape index (κ1) is 20.7. The summed E-state index contributed by atoms with van der Waals surface area (Å²) in [6.07, 6.45) is 0.176. The predicted molar refractivity (Wildman–Crippen MR) is 115 cm³/mol. The Hall–Kier alpha value is -3.02. The lowest BCUT2D eigenvalue weighted by molar-refractivity contribution is -0.130. The molecule has 6 nitrogen and oxygen atoms in total. The standard InChI is InChI=1S/C23H29N3O3/c1-4-26-16-18(29-21-12-8-7-11-20(21)26)15-25(3)22(27)13-14-24-23(28)19-10-6-5-9-17(19)2/h5-12,18H,4,13-16H2,1-3H3,(H,24,28)/t18-/m1/s1. The highest BCUT2D eigenvalue weighted by atomic mass is 16.5. The Balaban J connectivity index is 1.48. The first-order valence-corrected chi connectivity index (χ1v) is 10.1. The highest BCUT2D eigenvalue weighted by Crippen LogP contribution is 2.32. The fourth-order valence-electron chi connectivity index (χ4n) is 3.58. The number of amides is 2. The Morgan fingerprint density at radius 1 is 1.17 bits per heavy atom. The van der Waals surface area contributed by atoms with E-state index >= 15 is 0 Å². The Labute approximate surface area is 172 Å². The number of nitrogens with one attached hydrogen (secondary N) is 1. The second-order valence-corrected chi connectivity index (χ2v) is 7.34. The average Bonchev–Trinajstić information content (AvgIpc) is 2.73. The fourth-order valence-corrected chi connectivity index (χ4v) is 3.58. The number of nitrogens with zero attached hydrogens (tertiary/aromatic N) is 2. The van der Waals surface area contributed by atoms with Gasteiger partial charge in [0, 0.05) is 32.1 Å². The molecule has 0 spiro atoms. The van der Waals surface area contributed by atoms with Gasteiger partial charge in [0.2, 0.25) is 5.91 Å². The van der Waals surface area contributed by atoms with E-state index < -0.39 is 0 Å². The lowest BCUT2D eigenvalue weighted by Gasteiger charge is -2.37. The minimum Gasteiger partial charge on any atom is -0.485 e. The Morgan fingerprint density at radius 2 is 1.90 bits per heavy atom. The van der Waals surface area contributed by atoms with Gasteiger partial charge in [-0.25, -0.2) is 0 Å². The number of hydrogen-bond acceptors (Lipinski definition) is 4. The normalized spacial score (nSPS) is 15.3. The van der Waals surface area contributed by atoms with Crippen LogP contribution in [0.15, 0.2) is 48.5 Å². The highest BCUT2D eigenvalue weighted by molar-refractivity contribution is 5.95. The lowest BCUT2D eigenvalue weighted by atomic mass is 10.1. The second-order valence-electron chi connectivity index (χ2n) is 7.34. The minimum absolute atomic E-state index is 0.0133. The fraction of sp³-hybridized carbons (Fsp3) is 0.391. The zero-order valence-corrected chi connectivity index (χ0v) is 17.4. The smallest absolute Gasteiger partial charge is 0.251 e. The van der Waals surface area contributed by atoms with Crippen LogP contribution < -0.4 is 15.0 Å². The summed E-state index contributed by atoms with van der Waals surface area (Å²) in [7, 11) is 1.78. The van der Waals surface area contributed by atoms with Gasteiger partial charge in [0.05, 0.1) is 18.8 Å². The van der Waals surface area contributed by atoms with Gasteiger partial charge in [-0.15, -0.1) is 0 Å². The van der Waals surface area contributed by atoms with E-state index in [0.717, 1.165) is 30.1 Å². The van der Waals surface area contributed by atoms with Crippen molar-refractivity contribution >= 4 is 17.5 Å². The van der Waals surface area contributed by atoms with Gasteiger partial charge in [-0.1, -0.05) is 30.3 Å². The van der Waals surface area contributed by atoms with Crippen LogP contribution in [0.1, 0.15) is 29.3 Å². The molecule has 29 heavy (non-hydrogen) atoms. The second kappa shape index (κ2) is 9.45. The molecule has 6 heteroatoms. The van der Waals surface area contributed by atoms with Crippen molar-refractivity contribution in [2.45, 2.75) is 26.4 Å². The van der Waals surface area contributed by atoms with E-state index in [1.165, 1.54) is 0 Å². The van der Waals surface area contributed by atoms with E-state index in [1.54, 1.807) is 18.0 Å². The lowest BCUT2D eigenvalue weighted by Crippen LogP contribution is -2.47. The van der Waals surface area contributed by atoms with Gasteiger partial charge in [0.25, 0.3) is 5.91 Å². The van der Waals surface area contributed by atoms with Crippen LogP contribution in [0.5, 0.6) is 5.75 Å². The molecule has 0 radical (unpaired) electrons. The number of carbonyl (C=O) groups is 2. The number of aryl methyl sites for hydroxylation is 1. The number of anilines is 1. The molecule has 1 atom stereocenters. The van der Waals surface area contributed by atoms with E-state index in [2.05, 4.69) is 23.2 Å². The van der Waals surface area contributed by atoms with Crippen molar-refractivity contribution in [3.05, 3.63) is 59.7 Å². The predicted octanol–water partition coefficient (Wildman–Crippen LogP) is 2.86. The van der Waals surface area contributed by atoms with Crippen LogP contribution in [-0.4, -0.2) is 56.0 Å². The molecule has 2 amide bonds. The number of ether oxygens (including phenoxy) is 1. The Kier molecular flexibility index (Phi) is 6.75. The number of para-hydroxylation sites is 2. The van der Waals surface area contributed by atoms with Crippen LogP contribution in [-0.2, 0) is 4.79 Å². The maximum Gasteiger partial charge on any atom is 0.251 e. The third-order valence-electron chi connectivity index (χ3n) is 5.22. The monoisotopic (exact) mass is 395 g/mol. The molecule has 2 aromatic carbocycles. The third-order valence-corrected chi connectivity index (χ3v) is 5.22. The quantitative estimate of drug-likeness (QED) is 0.783. The molecule has 2 aromatic rings. The largest absolute Gasteiger partial charge is 0.485 e. The molecule has 1 N–H and O–H groups in total. The summed E-state index contributed by atoms with van der Waals surface area (Å²) in [4.78, 5) is 28.7. The summed E-state index contributed by atoms with van der Waals surface area (Å²) in [6.45, 7) is 6.47. The molecule has 0 fully saturated rings. The van der Waals surface area contributed by atoms with Crippen LogP contribution in [0, 0.1) is 6.92 Å². The summed E-state index contributed by atoms with van der Waals surface area (Å²) in [5.41, 5.74) is 2.66. The average molecular weight is 396 g/mol. The van der Waals surface area contributed by atoms with Gasteiger partial charge < -0.3 is 19.9 Å². The summed E-state index contributed by atoms with van der Waals surface area (Å²) < 4.78 is 6.09. The van der Waals surface area contributed by atoms with Crippen LogP contribution in [0.25, 0.3) is 0 Å². The highest BCUT2D eigenvalue weighted by Gasteiger charge is 2.26. The zero-order valence-electron chi connectivity index (χ0n) is 17.4. The number of rotatable bonds is 7. The first-order chi connectivity index (χ1) is 14.0. The van der Waals surface area contributed by atoms with E-state index in [1.807, 2.05) is 43.3 Å². The van der Waals surface area contributed by atoms with Gasteiger partial charge in [-0.2, -0.15) is 0 Å². The van der Waals surface area contributed by atoms with Gasteiger partial charge in [-0.3, -0.25) is 9.59 Å². The molecule has 1 aliphatic rings. The molecule has 0 bridgehead atoms. The molecule has 0 unspecified atom stereocenters. The molecule has 0 saturated heterocycles. The van der Waals surface area contributed by atoms with Crippen molar-refractivity contribution in [2.24, 2.45) is 0 Å². The van der Waals surface area contributed by atoms with Crippen LogP contribution in [0.4, 0.5) is 5.69 Å². The zero-order chi connectivity index (χ0) is 20.8.